The van der Waals surface area contributed by atoms with Gasteiger partial charge in [-0.15, -0.1) is 5.10 Å². The van der Waals surface area contributed by atoms with Crippen molar-refractivity contribution in [2.45, 2.75) is 11.7 Å². The second-order valence-electron chi connectivity index (χ2n) is 7.21. The molecule has 12 heteroatoms. The number of nitrogens with zero attached hydrogens (tertiary/aromatic N) is 3. The number of amides is 2. The quantitative estimate of drug-likeness (QED) is 0.275. The predicted molar refractivity (Wildman–Crippen MR) is 132 cm³/mol. The molecule has 0 aliphatic carbocycles. The summed E-state index contributed by atoms with van der Waals surface area (Å²) in [5.74, 6) is 0.498. The van der Waals surface area contributed by atoms with Gasteiger partial charge < -0.3 is 19.8 Å². The van der Waals surface area contributed by atoms with E-state index in [0.717, 1.165) is 11.8 Å². The van der Waals surface area contributed by atoms with Gasteiger partial charge in [0.25, 0.3) is 5.69 Å². The fourth-order valence-electron chi connectivity index (χ4n) is 3.19. The maximum Gasteiger partial charge on any atom is 0.273 e. The average molecular weight is 494 g/mol. The zero-order valence-corrected chi connectivity index (χ0v) is 19.2. The zero-order valence-electron chi connectivity index (χ0n) is 18.3. The smallest absolute Gasteiger partial charge is 0.273 e. The van der Waals surface area contributed by atoms with Gasteiger partial charge >= 0.3 is 0 Å². The van der Waals surface area contributed by atoms with Gasteiger partial charge in [-0.3, -0.25) is 19.7 Å². The monoisotopic (exact) mass is 493 g/mol. The van der Waals surface area contributed by atoms with Crippen molar-refractivity contribution in [3.8, 4) is 17.1 Å². The highest BCUT2D eigenvalue weighted by molar-refractivity contribution is 8.15. The molecule has 4 rings (SSSR count). The van der Waals surface area contributed by atoms with Crippen LogP contribution in [0.1, 0.15) is 12.2 Å². The van der Waals surface area contributed by atoms with Gasteiger partial charge in [0.15, 0.2) is 5.17 Å². The molecule has 2 amide bonds. The molecule has 3 aromatic rings. The van der Waals surface area contributed by atoms with Crippen LogP contribution in [0.5, 0.6) is 5.75 Å². The number of ether oxygens (including phenoxy) is 1. The van der Waals surface area contributed by atoms with E-state index >= 15 is 0 Å². The van der Waals surface area contributed by atoms with Gasteiger partial charge in [-0.2, -0.15) is 5.10 Å². The van der Waals surface area contributed by atoms with Crippen molar-refractivity contribution in [1.29, 1.82) is 0 Å². The van der Waals surface area contributed by atoms with Crippen molar-refractivity contribution in [2.75, 3.05) is 12.4 Å². The molecule has 11 nitrogen and oxygen atoms in total. The molecular weight excluding hydrogens is 474 g/mol. The predicted octanol–water partition coefficient (Wildman–Crippen LogP) is 3.81. The number of hydrogen-bond acceptors (Lipinski definition) is 9. The van der Waals surface area contributed by atoms with Crippen LogP contribution in [0.25, 0.3) is 11.3 Å². The lowest BCUT2D eigenvalue weighted by atomic mass is 10.1. The third-order valence-electron chi connectivity index (χ3n) is 4.83. The molecule has 0 saturated carbocycles. The first-order valence-corrected chi connectivity index (χ1v) is 11.2. The lowest BCUT2D eigenvalue weighted by Gasteiger charge is -2.06. The summed E-state index contributed by atoms with van der Waals surface area (Å²) in [6.45, 7) is 0. The number of non-ortho nitro benzene ring substituents is 1. The minimum Gasteiger partial charge on any atom is -0.496 e. The molecule has 2 heterocycles. The number of furan rings is 1. The number of rotatable bonds is 8. The van der Waals surface area contributed by atoms with E-state index < -0.39 is 10.2 Å². The molecule has 2 N–H and O–H groups in total. The highest BCUT2D eigenvalue weighted by Crippen LogP contribution is 2.34. The number of nitro groups is 1. The maximum absolute atomic E-state index is 12.2. The summed E-state index contributed by atoms with van der Waals surface area (Å²) < 4.78 is 11.0. The van der Waals surface area contributed by atoms with Crippen LogP contribution >= 0.6 is 11.8 Å². The number of carbonyl (C=O) groups is 2. The topological polar surface area (TPSA) is 148 Å². The first-order chi connectivity index (χ1) is 16.9. The summed E-state index contributed by atoms with van der Waals surface area (Å²) in [6.07, 6.45) is 1.35. The molecular formula is C23H19N5O6S. The average Bonchev–Trinajstić information content (AvgIpc) is 3.45. The van der Waals surface area contributed by atoms with Crippen LogP contribution in [0, 0.1) is 10.1 Å². The van der Waals surface area contributed by atoms with Crippen LogP contribution in [0.4, 0.5) is 11.4 Å². The van der Waals surface area contributed by atoms with Crippen molar-refractivity contribution in [1.82, 2.24) is 5.32 Å². The molecule has 1 unspecified atom stereocenters. The third kappa shape index (κ3) is 5.92. The van der Waals surface area contributed by atoms with Crippen molar-refractivity contribution in [2.24, 2.45) is 10.2 Å². The molecule has 0 bridgehead atoms. The van der Waals surface area contributed by atoms with Gasteiger partial charge in [-0.1, -0.05) is 30.0 Å². The molecule has 178 valence electrons. The van der Waals surface area contributed by atoms with E-state index in [1.54, 1.807) is 36.4 Å². The number of amidine groups is 1. The van der Waals surface area contributed by atoms with E-state index in [0.29, 0.717) is 28.5 Å². The van der Waals surface area contributed by atoms with E-state index in [1.165, 1.54) is 31.5 Å². The van der Waals surface area contributed by atoms with Crippen LogP contribution < -0.4 is 15.4 Å². The van der Waals surface area contributed by atoms with Crippen LogP contribution in [0.2, 0.25) is 0 Å². The number of hydrogen-bond donors (Lipinski definition) is 2. The summed E-state index contributed by atoms with van der Waals surface area (Å²) in [5, 5.41) is 23.9. The summed E-state index contributed by atoms with van der Waals surface area (Å²) >= 11 is 1.12. The molecule has 0 radical (unpaired) electrons. The zero-order chi connectivity index (χ0) is 24.8. The van der Waals surface area contributed by atoms with Crippen LogP contribution in [-0.2, 0) is 9.59 Å². The summed E-state index contributed by atoms with van der Waals surface area (Å²) in [7, 11) is 1.41. The lowest BCUT2D eigenvalue weighted by Crippen LogP contribution is -2.28. The van der Waals surface area contributed by atoms with E-state index in [-0.39, 0.29) is 29.1 Å². The van der Waals surface area contributed by atoms with Gasteiger partial charge in [-0.25, -0.2) is 0 Å². The Morgan fingerprint density at radius 1 is 1.26 bits per heavy atom. The van der Waals surface area contributed by atoms with Gasteiger partial charge in [0.05, 0.1) is 29.9 Å². The lowest BCUT2D eigenvalue weighted by molar-refractivity contribution is -0.384. The summed E-state index contributed by atoms with van der Waals surface area (Å²) in [4.78, 5) is 34.8. The van der Waals surface area contributed by atoms with Gasteiger partial charge in [-0.05, 0) is 30.3 Å². The number of anilines is 1. The highest BCUT2D eigenvalue weighted by atomic mass is 32.2. The molecule has 1 aliphatic heterocycles. The molecule has 35 heavy (non-hydrogen) atoms. The molecule has 0 spiro atoms. The van der Waals surface area contributed by atoms with E-state index in [9.17, 15) is 19.7 Å². The van der Waals surface area contributed by atoms with Gasteiger partial charge in [0, 0.05) is 18.2 Å². The Kier molecular flexibility index (Phi) is 7.21. The maximum atomic E-state index is 12.2. The number of para-hydroxylation sites is 1. The Labute approximate surface area is 203 Å². The molecule has 1 fully saturated rings. The Bertz CT molecular complexity index is 1320. The summed E-state index contributed by atoms with van der Waals surface area (Å²) in [5.41, 5.74) is 1.10. The minimum atomic E-state index is -0.613. The Balaban J connectivity index is 1.37. The second-order valence-corrected chi connectivity index (χ2v) is 8.40. The van der Waals surface area contributed by atoms with Crippen molar-refractivity contribution < 1.29 is 23.7 Å². The van der Waals surface area contributed by atoms with Crippen LogP contribution in [-0.4, -0.2) is 40.5 Å². The third-order valence-corrected chi connectivity index (χ3v) is 5.90. The van der Waals surface area contributed by atoms with Gasteiger partial charge in [0.1, 0.15) is 22.5 Å². The number of carbonyl (C=O) groups excluding carboxylic acids is 2. The van der Waals surface area contributed by atoms with Crippen molar-refractivity contribution in [3.05, 3.63) is 76.5 Å². The SMILES string of the molecule is COc1cc([N+](=O)[O-])ccc1-c1ccc(C=N/N=C2\NC(=O)C(CC(=O)Nc3ccccc3)S2)o1. The number of nitrogens with one attached hydrogen (secondary N) is 2. The standard InChI is InChI=1S/C23H19N5O6S/c1-33-19-11-15(28(31)32)7-9-17(19)18-10-8-16(34-18)13-24-27-23-26-22(30)20(35-23)12-21(29)25-14-5-3-2-4-6-14/h2-11,13,20H,12H2,1H3,(H,25,29)(H,26,27,30). The van der Waals surface area contributed by atoms with E-state index in [1.807, 2.05) is 6.07 Å². The molecule has 2 aromatic carbocycles. The molecule has 1 atom stereocenters. The molecule has 1 aliphatic rings. The number of nitro benzene ring substituents is 1. The number of thioether (sulfide) groups is 1. The van der Waals surface area contributed by atoms with Crippen molar-refractivity contribution in [3.63, 3.8) is 0 Å². The van der Waals surface area contributed by atoms with Crippen LogP contribution in [0.3, 0.4) is 0 Å². The first kappa shape index (κ1) is 23.7. The Morgan fingerprint density at radius 2 is 2.06 bits per heavy atom. The second kappa shape index (κ2) is 10.7. The van der Waals surface area contributed by atoms with Gasteiger partial charge in [0.2, 0.25) is 11.8 Å². The Morgan fingerprint density at radius 3 is 2.80 bits per heavy atom. The number of benzene rings is 2. The normalized spacial score (nSPS) is 16.4. The highest BCUT2D eigenvalue weighted by Gasteiger charge is 2.32. The fraction of sp³-hybridized carbons (Fsp3) is 0.130. The van der Waals surface area contributed by atoms with E-state index in [2.05, 4.69) is 20.8 Å². The summed E-state index contributed by atoms with van der Waals surface area (Å²) in [6, 6.07) is 16.5. The van der Waals surface area contributed by atoms with Crippen molar-refractivity contribution >= 4 is 46.3 Å². The fourth-order valence-corrected chi connectivity index (χ4v) is 4.11. The minimum absolute atomic E-state index is 0.00720. The van der Waals surface area contributed by atoms with Crippen LogP contribution in [0.15, 0.2) is 75.3 Å². The Hall–Kier alpha value is -4.45. The molecule has 1 saturated heterocycles. The van der Waals surface area contributed by atoms with E-state index in [4.69, 9.17) is 9.15 Å². The first-order valence-electron chi connectivity index (χ1n) is 10.3. The largest absolute Gasteiger partial charge is 0.496 e. The molecule has 1 aromatic heterocycles. The number of methoxy groups -OCH3 is 1.